The molecular weight excluding hydrogens is 461 g/mol. The predicted molar refractivity (Wildman–Crippen MR) is 129 cm³/mol. The highest BCUT2D eigenvalue weighted by Gasteiger charge is 2.60. The van der Waals surface area contributed by atoms with Crippen LogP contribution in [0.4, 0.5) is 16.2 Å². The Balaban J connectivity index is 1.61. The summed E-state index contributed by atoms with van der Waals surface area (Å²) in [6.07, 6.45) is 0. The summed E-state index contributed by atoms with van der Waals surface area (Å²) in [6, 6.07) is 18.7. The summed E-state index contributed by atoms with van der Waals surface area (Å²) >= 11 is 12.4. The average molecular weight is 482 g/mol. The summed E-state index contributed by atoms with van der Waals surface area (Å²) in [6.45, 7) is 3.64. The molecule has 0 unspecified atom stereocenters. The van der Waals surface area contributed by atoms with Crippen molar-refractivity contribution in [3.8, 4) is 5.75 Å². The Morgan fingerprint density at radius 3 is 2.55 bits per heavy atom. The van der Waals surface area contributed by atoms with Crippen LogP contribution in [0.3, 0.4) is 0 Å². The van der Waals surface area contributed by atoms with Crippen molar-refractivity contribution in [3.05, 3.63) is 87.9 Å². The zero-order valence-electron chi connectivity index (χ0n) is 17.9. The van der Waals surface area contributed by atoms with Crippen molar-refractivity contribution in [2.24, 2.45) is 5.92 Å². The van der Waals surface area contributed by atoms with Gasteiger partial charge in [0.25, 0.3) is 0 Å². The second kappa shape index (κ2) is 7.97. The molecule has 3 atom stereocenters. The molecule has 3 aromatic carbocycles. The number of ether oxygens (including phenoxy) is 1. The largest absolute Gasteiger partial charge is 0.466 e. The van der Waals surface area contributed by atoms with Gasteiger partial charge >= 0.3 is 6.03 Å². The summed E-state index contributed by atoms with van der Waals surface area (Å²) in [7, 11) is 0. The number of nitrogens with zero attached hydrogens (tertiary/aromatic N) is 1. The fourth-order valence-electron chi connectivity index (χ4n) is 4.59. The van der Waals surface area contributed by atoms with E-state index in [0.29, 0.717) is 27.2 Å². The summed E-state index contributed by atoms with van der Waals surface area (Å²) < 4.78 is 6.43. The molecular formula is C25H21Cl2N3O3. The van der Waals surface area contributed by atoms with E-state index in [1.807, 2.05) is 37.3 Å². The number of hydrogen-bond acceptors (Lipinski definition) is 3. The maximum Gasteiger partial charge on any atom is 0.325 e. The molecule has 3 aromatic rings. The van der Waals surface area contributed by atoms with Gasteiger partial charge in [0.15, 0.2) is 0 Å². The smallest absolute Gasteiger partial charge is 0.325 e. The Morgan fingerprint density at radius 1 is 1.09 bits per heavy atom. The molecule has 2 aliphatic rings. The van der Waals surface area contributed by atoms with Gasteiger partial charge in [-0.15, -0.1) is 0 Å². The molecule has 2 bridgehead atoms. The number of urea groups is 1. The fourth-order valence-corrected chi connectivity index (χ4v) is 4.89. The van der Waals surface area contributed by atoms with Crippen LogP contribution in [0.2, 0.25) is 10.0 Å². The molecule has 2 aliphatic heterocycles. The molecule has 33 heavy (non-hydrogen) atoms. The minimum absolute atomic E-state index is 0.289. The van der Waals surface area contributed by atoms with Gasteiger partial charge in [0, 0.05) is 21.3 Å². The molecule has 168 valence electrons. The zero-order valence-corrected chi connectivity index (χ0v) is 19.4. The Kier molecular flexibility index (Phi) is 5.22. The van der Waals surface area contributed by atoms with E-state index in [9.17, 15) is 9.59 Å². The van der Waals surface area contributed by atoms with Crippen molar-refractivity contribution in [1.82, 2.24) is 5.32 Å². The number of fused-ring (bicyclic) bond motifs is 4. The number of halogens is 2. The maximum atomic E-state index is 13.7. The molecule has 1 saturated heterocycles. The van der Waals surface area contributed by atoms with Gasteiger partial charge < -0.3 is 15.4 Å². The Labute approximate surface area is 201 Å². The first-order valence-electron chi connectivity index (χ1n) is 10.5. The van der Waals surface area contributed by atoms with Crippen LogP contribution in [0.15, 0.2) is 66.7 Å². The Morgan fingerprint density at radius 2 is 1.82 bits per heavy atom. The lowest BCUT2D eigenvalue weighted by atomic mass is 9.78. The number of carbonyl (C=O) groups is 2. The first kappa shape index (κ1) is 21.6. The molecule has 8 heteroatoms. The lowest BCUT2D eigenvalue weighted by molar-refractivity contribution is -0.131. The summed E-state index contributed by atoms with van der Waals surface area (Å²) in [5.41, 5.74) is 1.46. The van der Waals surface area contributed by atoms with Crippen molar-refractivity contribution < 1.29 is 14.3 Å². The summed E-state index contributed by atoms with van der Waals surface area (Å²) in [5, 5.41) is 7.06. The van der Waals surface area contributed by atoms with Gasteiger partial charge in [0.05, 0.1) is 11.7 Å². The topological polar surface area (TPSA) is 70.7 Å². The standard InChI is InChI=1S/C25H21Cl2N3O3/c1-14-7-12-17(13-19(14)27)30-24(32)29-22-18-5-3-4-6-20(18)33-25(30,2)21(22)23(31)28-16-10-8-15(26)9-11-16/h3-13,21-22H,1-2H3,(H,28,31)(H,29,32)/t21-,22+,25+/m1/s1. The van der Waals surface area contributed by atoms with Gasteiger partial charge in [0.1, 0.15) is 11.7 Å². The van der Waals surface area contributed by atoms with Gasteiger partial charge in [-0.25, -0.2) is 4.79 Å². The highest BCUT2D eigenvalue weighted by Crippen LogP contribution is 2.49. The number of anilines is 2. The average Bonchev–Trinajstić information content (AvgIpc) is 2.77. The van der Waals surface area contributed by atoms with Crippen LogP contribution in [-0.4, -0.2) is 17.7 Å². The number of rotatable bonds is 3. The van der Waals surface area contributed by atoms with Crippen molar-refractivity contribution in [2.45, 2.75) is 25.6 Å². The van der Waals surface area contributed by atoms with E-state index in [0.717, 1.165) is 11.1 Å². The third-order valence-electron chi connectivity index (χ3n) is 6.21. The number of hydrogen-bond donors (Lipinski definition) is 2. The monoisotopic (exact) mass is 481 g/mol. The van der Waals surface area contributed by atoms with Crippen molar-refractivity contribution in [3.63, 3.8) is 0 Å². The minimum atomic E-state index is -1.31. The van der Waals surface area contributed by atoms with Crippen LogP contribution in [0.1, 0.15) is 24.1 Å². The second-order valence-corrected chi connectivity index (χ2v) is 9.21. The number of amides is 3. The van der Waals surface area contributed by atoms with E-state index < -0.39 is 17.7 Å². The van der Waals surface area contributed by atoms with E-state index >= 15 is 0 Å². The van der Waals surface area contributed by atoms with Crippen LogP contribution >= 0.6 is 23.2 Å². The summed E-state index contributed by atoms with van der Waals surface area (Å²) in [5.74, 6) is -0.438. The number of aryl methyl sites for hydroxylation is 1. The van der Waals surface area contributed by atoms with Gasteiger partial charge in [-0.3, -0.25) is 9.69 Å². The van der Waals surface area contributed by atoms with E-state index in [-0.39, 0.29) is 11.9 Å². The molecule has 0 aliphatic carbocycles. The van der Waals surface area contributed by atoms with Gasteiger partial charge in [-0.05, 0) is 61.9 Å². The molecule has 3 amide bonds. The van der Waals surface area contributed by atoms with Crippen molar-refractivity contribution in [1.29, 1.82) is 0 Å². The normalized spacial score (nSPS) is 23.3. The lowest BCUT2D eigenvalue weighted by Gasteiger charge is -2.54. The second-order valence-electron chi connectivity index (χ2n) is 8.36. The Bertz CT molecular complexity index is 1260. The highest BCUT2D eigenvalue weighted by atomic mass is 35.5. The molecule has 2 heterocycles. The van der Waals surface area contributed by atoms with Crippen LogP contribution in [0, 0.1) is 12.8 Å². The molecule has 0 spiro atoms. The van der Waals surface area contributed by atoms with E-state index in [2.05, 4.69) is 10.6 Å². The van der Waals surface area contributed by atoms with E-state index in [1.54, 1.807) is 43.3 Å². The number of carbonyl (C=O) groups excluding carboxylic acids is 2. The van der Waals surface area contributed by atoms with Crippen molar-refractivity contribution >= 4 is 46.5 Å². The molecule has 1 fully saturated rings. The first-order valence-corrected chi connectivity index (χ1v) is 11.2. The first-order chi connectivity index (χ1) is 15.8. The molecule has 2 N–H and O–H groups in total. The zero-order chi connectivity index (χ0) is 23.3. The number of nitrogens with one attached hydrogen (secondary N) is 2. The highest BCUT2D eigenvalue weighted by molar-refractivity contribution is 6.31. The molecule has 5 rings (SSSR count). The quantitative estimate of drug-likeness (QED) is 0.486. The summed E-state index contributed by atoms with van der Waals surface area (Å²) in [4.78, 5) is 28.5. The molecule has 0 radical (unpaired) electrons. The third kappa shape index (κ3) is 3.59. The minimum Gasteiger partial charge on any atom is -0.466 e. The van der Waals surface area contributed by atoms with Crippen molar-refractivity contribution in [2.75, 3.05) is 10.2 Å². The van der Waals surface area contributed by atoms with E-state index in [4.69, 9.17) is 27.9 Å². The van der Waals surface area contributed by atoms with Crippen LogP contribution in [0.25, 0.3) is 0 Å². The van der Waals surface area contributed by atoms with Crippen LogP contribution in [-0.2, 0) is 4.79 Å². The molecule has 0 aromatic heterocycles. The number of para-hydroxylation sites is 1. The molecule has 0 saturated carbocycles. The predicted octanol–water partition coefficient (Wildman–Crippen LogP) is 5.94. The molecule has 6 nitrogen and oxygen atoms in total. The maximum absolute atomic E-state index is 13.7. The fraction of sp³-hybridized carbons (Fsp3) is 0.200. The van der Waals surface area contributed by atoms with Gasteiger partial charge in [-0.2, -0.15) is 0 Å². The lowest BCUT2D eigenvalue weighted by Crippen LogP contribution is -2.72. The van der Waals surface area contributed by atoms with Gasteiger partial charge in [0.2, 0.25) is 11.6 Å². The van der Waals surface area contributed by atoms with Crippen LogP contribution < -0.4 is 20.3 Å². The van der Waals surface area contributed by atoms with Crippen LogP contribution in [0.5, 0.6) is 5.75 Å². The van der Waals surface area contributed by atoms with E-state index in [1.165, 1.54) is 4.90 Å². The number of benzene rings is 3. The Hall–Kier alpha value is -3.22. The SMILES string of the molecule is Cc1ccc(N2C(=O)N[C@H]3c4ccccc4O[C@@]2(C)[C@H]3C(=O)Nc2ccc(Cl)cc2)cc1Cl. The van der Waals surface area contributed by atoms with Gasteiger partial charge in [-0.1, -0.05) is 47.5 Å². The third-order valence-corrected chi connectivity index (χ3v) is 6.87.